The number of nitrogens with one attached hydrogen (secondary N) is 3. The highest BCUT2D eigenvalue weighted by atomic mass is 32.1. The lowest BCUT2D eigenvalue weighted by molar-refractivity contribution is -0.125. The zero-order valence-electron chi connectivity index (χ0n) is 24.4. The molecule has 1 amide bonds. The average Bonchev–Trinajstić information content (AvgIpc) is 2.82. The topological polar surface area (TPSA) is 101 Å². The first-order valence-electron chi connectivity index (χ1n) is 13.4. The van der Waals surface area contributed by atoms with Gasteiger partial charge >= 0.3 is 0 Å². The van der Waals surface area contributed by atoms with Crippen molar-refractivity contribution in [1.29, 1.82) is 0 Å². The second kappa shape index (κ2) is 15.3. The van der Waals surface area contributed by atoms with E-state index in [1.54, 1.807) is 7.05 Å². The molecule has 4 atom stereocenters. The minimum atomic E-state index is -0.532. The zero-order valence-corrected chi connectivity index (χ0v) is 25.3. The van der Waals surface area contributed by atoms with E-state index in [0.29, 0.717) is 19.6 Å². The number of ether oxygens (including phenoxy) is 1. The molecule has 0 aromatic carbocycles. The molecule has 8 heteroatoms. The Bertz CT molecular complexity index is 653. The van der Waals surface area contributed by atoms with Crippen molar-refractivity contribution >= 4 is 24.5 Å². The molecule has 0 heterocycles. The van der Waals surface area contributed by atoms with E-state index in [2.05, 4.69) is 89.0 Å². The molecule has 5 N–H and O–H groups in total. The van der Waals surface area contributed by atoms with Gasteiger partial charge in [-0.1, -0.05) is 41.5 Å². The Morgan fingerprint density at radius 3 is 2.14 bits per heavy atom. The van der Waals surface area contributed by atoms with Gasteiger partial charge in [-0.3, -0.25) is 9.79 Å². The van der Waals surface area contributed by atoms with Crippen LogP contribution >= 0.6 is 12.6 Å². The number of thiol groups is 1. The summed E-state index contributed by atoms with van der Waals surface area (Å²) in [5.74, 6) is 1.50. The number of nitrogens with two attached hydrogens (primary N) is 1. The summed E-state index contributed by atoms with van der Waals surface area (Å²) in [6, 6.07) is -0.532. The molecule has 0 saturated heterocycles. The van der Waals surface area contributed by atoms with Gasteiger partial charge in [-0.05, 0) is 75.4 Å². The molecule has 0 fully saturated rings. The van der Waals surface area contributed by atoms with Gasteiger partial charge in [0.1, 0.15) is 0 Å². The van der Waals surface area contributed by atoms with Crippen molar-refractivity contribution in [2.24, 2.45) is 21.6 Å². The second-order valence-electron chi connectivity index (χ2n) is 11.8. The SMILES string of the molecule is CCC(C)(CS)CC(C)(CC)OCC(C)(C)CC(C)(CC)NC(=O)C(N)CCCNC(=NC)NC. The number of carbonyl (C=O) groups excluding carboxylic acids is 1. The highest BCUT2D eigenvalue weighted by molar-refractivity contribution is 7.80. The molecule has 0 radical (unpaired) electrons. The lowest BCUT2D eigenvalue weighted by atomic mass is 9.76. The molecule has 35 heavy (non-hydrogen) atoms. The van der Waals surface area contributed by atoms with Crippen LogP contribution in [0.4, 0.5) is 0 Å². The Morgan fingerprint density at radius 1 is 1.06 bits per heavy atom. The summed E-state index contributed by atoms with van der Waals surface area (Å²) in [5.41, 5.74) is 5.75. The molecule has 0 aliphatic heterocycles. The zero-order chi connectivity index (χ0) is 27.3. The third-order valence-corrected chi connectivity index (χ3v) is 8.21. The molecular formula is C27H57N5O2S. The smallest absolute Gasteiger partial charge is 0.237 e. The van der Waals surface area contributed by atoms with Crippen LogP contribution in [0.3, 0.4) is 0 Å². The number of guanidine groups is 1. The summed E-state index contributed by atoms with van der Waals surface area (Å²) >= 11 is 4.60. The molecule has 0 aliphatic rings. The van der Waals surface area contributed by atoms with Crippen LogP contribution in [0.5, 0.6) is 0 Å². The van der Waals surface area contributed by atoms with Crippen LogP contribution in [0.1, 0.15) is 100 Å². The number of amides is 1. The quantitative estimate of drug-likeness (QED) is 0.0849. The average molecular weight is 516 g/mol. The third-order valence-electron chi connectivity index (χ3n) is 7.45. The van der Waals surface area contributed by atoms with Crippen molar-refractivity contribution in [3.63, 3.8) is 0 Å². The molecule has 0 aromatic rings. The van der Waals surface area contributed by atoms with Crippen molar-refractivity contribution in [2.45, 2.75) is 118 Å². The molecule has 0 spiro atoms. The Hall–Kier alpha value is -0.990. The summed E-state index contributed by atoms with van der Waals surface area (Å²) in [7, 11) is 3.54. The van der Waals surface area contributed by atoms with Gasteiger partial charge < -0.3 is 26.4 Å². The lowest BCUT2D eigenvalue weighted by Crippen LogP contribution is -2.54. The first-order valence-corrected chi connectivity index (χ1v) is 14.0. The van der Waals surface area contributed by atoms with Crippen molar-refractivity contribution in [3.8, 4) is 0 Å². The van der Waals surface area contributed by atoms with Crippen LogP contribution in [0.25, 0.3) is 0 Å². The minimum Gasteiger partial charge on any atom is -0.375 e. The summed E-state index contributed by atoms with van der Waals surface area (Å²) in [6.45, 7) is 19.0. The van der Waals surface area contributed by atoms with Crippen LogP contribution in [0.15, 0.2) is 4.99 Å². The Balaban J connectivity index is 4.98. The standard InChI is InChI=1S/C27H57N5O2S/c1-11-25(6,20-35)18-27(8,13-3)34-19-24(4,5)17-26(7,12-2)32-22(33)21(28)15-14-16-31-23(29-9)30-10/h21,35H,11-20,28H2,1-10H3,(H,32,33)(H2,29,30,31). The summed E-state index contributed by atoms with van der Waals surface area (Å²) in [5, 5.41) is 9.42. The predicted octanol–water partition coefficient (Wildman–Crippen LogP) is 4.51. The first kappa shape index (κ1) is 34.0. The van der Waals surface area contributed by atoms with E-state index in [1.165, 1.54) is 0 Å². The van der Waals surface area contributed by atoms with E-state index >= 15 is 0 Å². The largest absolute Gasteiger partial charge is 0.375 e. The van der Waals surface area contributed by atoms with Gasteiger partial charge in [-0.15, -0.1) is 0 Å². The van der Waals surface area contributed by atoms with Gasteiger partial charge in [-0.25, -0.2) is 0 Å². The van der Waals surface area contributed by atoms with E-state index in [-0.39, 0.29) is 27.9 Å². The monoisotopic (exact) mass is 515 g/mol. The molecule has 0 rings (SSSR count). The second-order valence-corrected chi connectivity index (χ2v) is 12.1. The Morgan fingerprint density at radius 2 is 1.69 bits per heavy atom. The summed E-state index contributed by atoms with van der Waals surface area (Å²) < 4.78 is 6.60. The lowest BCUT2D eigenvalue weighted by Gasteiger charge is -2.42. The van der Waals surface area contributed by atoms with Gasteiger partial charge in [0, 0.05) is 26.2 Å². The predicted molar refractivity (Wildman–Crippen MR) is 154 cm³/mol. The van der Waals surface area contributed by atoms with Crippen LogP contribution in [0, 0.1) is 10.8 Å². The number of hydrogen-bond donors (Lipinski definition) is 5. The number of hydrogen-bond acceptors (Lipinski definition) is 5. The van der Waals surface area contributed by atoms with Gasteiger partial charge in [0.25, 0.3) is 0 Å². The van der Waals surface area contributed by atoms with E-state index in [9.17, 15) is 4.79 Å². The summed E-state index contributed by atoms with van der Waals surface area (Å²) in [4.78, 5) is 17.0. The number of aliphatic imine (C=N–C) groups is 1. The molecule has 208 valence electrons. The highest BCUT2D eigenvalue weighted by Crippen LogP contribution is 2.38. The first-order chi connectivity index (χ1) is 16.2. The molecular weight excluding hydrogens is 458 g/mol. The molecule has 0 aliphatic carbocycles. The van der Waals surface area contributed by atoms with Crippen LogP contribution in [0.2, 0.25) is 0 Å². The van der Waals surface area contributed by atoms with Crippen molar-refractivity contribution in [1.82, 2.24) is 16.0 Å². The van der Waals surface area contributed by atoms with Crippen molar-refractivity contribution < 1.29 is 9.53 Å². The maximum Gasteiger partial charge on any atom is 0.237 e. The Kier molecular flexibility index (Phi) is 14.9. The minimum absolute atomic E-state index is 0.0880. The molecule has 0 saturated carbocycles. The fourth-order valence-electron chi connectivity index (χ4n) is 4.54. The van der Waals surface area contributed by atoms with E-state index in [0.717, 1.165) is 50.2 Å². The number of rotatable bonds is 17. The normalized spacial score (nSPS) is 18.7. The van der Waals surface area contributed by atoms with Crippen molar-refractivity contribution in [3.05, 3.63) is 0 Å². The molecule has 0 aromatic heterocycles. The van der Waals surface area contributed by atoms with Gasteiger partial charge in [0.2, 0.25) is 5.91 Å². The van der Waals surface area contributed by atoms with Gasteiger partial charge in [-0.2, -0.15) is 12.6 Å². The van der Waals surface area contributed by atoms with Gasteiger partial charge in [0.15, 0.2) is 5.96 Å². The molecule has 0 bridgehead atoms. The molecule has 4 unspecified atom stereocenters. The van der Waals surface area contributed by atoms with Crippen LogP contribution in [-0.4, -0.2) is 62.0 Å². The van der Waals surface area contributed by atoms with Crippen molar-refractivity contribution in [2.75, 3.05) is 33.0 Å². The van der Waals surface area contributed by atoms with E-state index < -0.39 is 6.04 Å². The third kappa shape index (κ3) is 12.7. The van der Waals surface area contributed by atoms with Crippen LogP contribution < -0.4 is 21.7 Å². The van der Waals surface area contributed by atoms with E-state index in [4.69, 9.17) is 10.5 Å². The Labute approximate surface area is 222 Å². The maximum absolute atomic E-state index is 12.9. The number of nitrogens with zero attached hydrogens (tertiary/aromatic N) is 1. The fraction of sp³-hybridized carbons (Fsp3) is 0.926. The number of carbonyl (C=O) groups is 1. The van der Waals surface area contributed by atoms with Gasteiger partial charge in [0.05, 0.1) is 18.2 Å². The van der Waals surface area contributed by atoms with E-state index in [1.807, 2.05) is 7.05 Å². The highest BCUT2D eigenvalue weighted by Gasteiger charge is 2.38. The fourth-order valence-corrected chi connectivity index (χ4v) is 4.87. The summed E-state index contributed by atoms with van der Waals surface area (Å²) in [6.07, 6.45) is 6.06. The van der Waals surface area contributed by atoms with Crippen LogP contribution in [-0.2, 0) is 9.53 Å². The maximum atomic E-state index is 12.9. The molecule has 7 nitrogen and oxygen atoms in total.